The Morgan fingerprint density at radius 3 is 2.67 bits per heavy atom. The van der Waals surface area contributed by atoms with Crippen LogP contribution in [-0.4, -0.2) is 11.1 Å². The van der Waals surface area contributed by atoms with E-state index in [0.29, 0.717) is 12.3 Å². The van der Waals surface area contributed by atoms with Gasteiger partial charge >= 0.3 is 5.97 Å². The van der Waals surface area contributed by atoms with E-state index in [2.05, 4.69) is 0 Å². The second kappa shape index (κ2) is 2.49. The second-order valence-corrected chi connectivity index (χ2v) is 1.82. The van der Waals surface area contributed by atoms with Crippen LogP contribution in [0.3, 0.4) is 0 Å². The van der Waals surface area contributed by atoms with Gasteiger partial charge in [0.1, 0.15) is 5.92 Å². The molecule has 0 heterocycles. The molecular formula is C7H7O2. The van der Waals surface area contributed by atoms with Crippen LogP contribution in [0.1, 0.15) is 6.42 Å². The third-order valence-electron chi connectivity index (χ3n) is 1.16. The lowest BCUT2D eigenvalue weighted by Gasteiger charge is -2.03. The second-order valence-electron chi connectivity index (χ2n) is 1.82. The maximum Gasteiger partial charge on any atom is 0.315 e. The maximum atomic E-state index is 10.2. The van der Waals surface area contributed by atoms with Gasteiger partial charge in [-0.1, -0.05) is 24.3 Å². The van der Waals surface area contributed by atoms with Crippen LogP contribution in [0.2, 0.25) is 0 Å². The van der Waals surface area contributed by atoms with Crippen molar-refractivity contribution in [2.24, 2.45) is 0 Å². The molecule has 0 amide bonds. The molecule has 0 aliphatic heterocycles. The first-order valence-corrected chi connectivity index (χ1v) is 2.73. The van der Waals surface area contributed by atoms with Gasteiger partial charge < -0.3 is 5.11 Å². The Balaban J connectivity index is 2.56. The first kappa shape index (κ1) is 6.08. The summed E-state index contributed by atoms with van der Waals surface area (Å²) < 4.78 is 0. The number of hydrogen-bond acceptors (Lipinski definition) is 1. The SMILES string of the molecule is O=C(O)[C]1C=CC=CC1. The molecule has 0 saturated carbocycles. The van der Waals surface area contributed by atoms with Gasteiger partial charge in [0, 0.05) is 0 Å². The van der Waals surface area contributed by atoms with Crippen LogP contribution in [-0.2, 0) is 4.79 Å². The minimum absolute atomic E-state index is 0.456. The average Bonchev–Trinajstić information content (AvgIpc) is 1.90. The highest BCUT2D eigenvalue weighted by molar-refractivity contribution is 5.86. The smallest absolute Gasteiger partial charge is 0.315 e. The Bertz CT molecular complexity index is 168. The molecule has 9 heavy (non-hydrogen) atoms. The van der Waals surface area contributed by atoms with Gasteiger partial charge in [-0.2, -0.15) is 0 Å². The van der Waals surface area contributed by atoms with Crippen molar-refractivity contribution in [1.82, 2.24) is 0 Å². The van der Waals surface area contributed by atoms with Gasteiger partial charge in [-0.3, -0.25) is 4.79 Å². The van der Waals surface area contributed by atoms with E-state index < -0.39 is 5.97 Å². The van der Waals surface area contributed by atoms with Crippen molar-refractivity contribution in [3.63, 3.8) is 0 Å². The summed E-state index contributed by atoms with van der Waals surface area (Å²) in [5.74, 6) is -0.367. The van der Waals surface area contributed by atoms with Crippen molar-refractivity contribution >= 4 is 5.97 Å². The highest BCUT2D eigenvalue weighted by atomic mass is 16.4. The summed E-state index contributed by atoms with van der Waals surface area (Å²) in [5, 5.41) is 8.42. The molecule has 0 saturated heterocycles. The van der Waals surface area contributed by atoms with E-state index in [9.17, 15) is 4.79 Å². The van der Waals surface area contributed by atoms with E-state index in [1.54, 1.807) is 12.2 Å². The van der Waals surface area contributed by atoms with Crippen molar-refractivity contribution in [2.45, 2.75) is 6.42 Å². The number of carboxylic acids is 1. The van der Waals surface area contributed by atoms with Crippen LogP contribution < -0.4 is 0 Å². The number of carbonyl (C=O) groups is 1. The summed E-state index contributed by atoms with van der Waals surface area (Å²) in [6.07, 6.45) is 7.55. The Hall–Kier alpha value is -1.05. The summed E-state index contributed by atoms with van der Waals surface area (Å²) in [6.45, 7) is 0. The standard InChI is InChI=1S/C7H7O2/c8-7(9)6-4-2-1-3-5-6/h1-4H,5H2,(H,8,9). The van der Waals surface area contributed by atoms with Gasteiger partial charge in [-0.15, -0.1) is 0 Å². The zero-order valence-corrected chi connectivity index (χ0v) is 4.87. The normalized spacial score (nSPS) is 18.2. The number of hydrogen-bond donors (Lipinski definition) is 1. The fraction of sp³-hybridized carbons (Fsp3) is 0.143. The van der Waals surface area contributed by atoms with E-state index >= 15 is 0 Å². The van der Waals surface area contributed by atoms with Gasteiger partial charge in [0.2, 0.25) is 0 Å². The molecule has 1 rings (SSSR count). The Morgan fingerprint density at radius 1 is 1.56 bits per heavy atom. The van der Waals surface area contributed by atoms with Gasteiger partial charge in [-0.05, 0) is 6.42 Å². The van der Waals surface area contributed by atoms with Crippen LogP contribution in [0, 0.1) is 5.92 Å². The summed E-state index contributed by atoms with van der Waals surface area (Å²) >= 11 is 0. The fourth-order valence-corrected chi connectivity index (χ4v) is 0.672. The quantitative estimate of drug-likeness (QED) is 0.568. The van der Waals surface area contributed by atoms with Gasteiger partial charge in [0.15, 0.2) is 0 Å². The highest BCUT2D eigenvalue weighted by Crippen LogP contribution is 2.12. The molecule has 0 fully saturated rings. The van der Waals surface area contributed by atoms with Crippen molar-refractivity contribution < 1.29 is 9.90 Å². The molecule has 0 aromatic heterocycles. The molecule has 2 nitrogen and oxygen atoms in total. The molecule has 1 N–H and O–H groups in total. The number of rotatable bonds is 1. The summed E-state index contributed by atoms with van der Waals surface area (Å²) in [4.78, 5) is 10.2. The summed E-state index contributed by atoms with van der Waals surface area (Å²) in [6, 6.07) is 0. The first-order chi connectivity index (χ1) is 4.30. The monoisotopic (exact) mass is 123 g/mol. The molecule has 0 bridgehead atoms. The minimum atomic E-state index is -0.824. The predicted molar refractivity (Wildman–Crippen MR) is 33.8 cm³/mol. The molecule has 2 heteroatoms. The molecule has 0 spiro atoms. The summed E-state index contributed by atoms with van der Waals surface area (Å²) in [5.41, 5.74) is 0. The van der Waals surface area contributed by atoms with E-state index in [4.69, 9.17) is 5.11 Å². The van der Waals surface area contributed by atoms with E-state index in [-0.39, 0.29) is 0 Å². The van der Waals surface area contributed by atoms with Crippen molar-refractivity contribution in [3.05, 3.63) is 30.2 Å². The molecule has 0 unspecified atom stereocenters. The summed E-state index contributed by atoms with van der Waals surface area (Å²) in [7, 11) is 0. The molecule has 0 atom stereocenters. The Kier molecular flexibility index (Phi) is 1.68. The van der Waals surface area contributed by atoms with E-state index in [1.807, 2.05) is 12.2 Å². The predicted octanol–water partition coefficient (Wildman–Crippen LogP) is 1.16. The Labute approximate surface area is 53.5 Å². The van der Waals surface area contributed by atoms with Gasteiger partial charge in [-0.25, -0.2) is 0 Å². The molecule has 0 aromatic carbocycles. The van der Waals surface area contributed by atoms with Crippen LogP contribution >= 0.6 is 0 Å². The molecule has 0 aromatic rings. The maximum absolute atomic E-state index is 10.2. The molecular weight excluding hydrogens is 116 g/mol. The minimum Gasteiger partial charge on any atom is -0.481 e. The zero-order valence-electron chi connectivity index (χ0n) is 4.87. The first-order valence-electron chi connectivity index (χ1n) is 2.73. The molecule has 1 radical (unpaired) electrons. The largest absolute Gasteiger partial charge is 0.481 e. The number of allylic oxidation sites excluding steroid dienone is 3. The third-order valence-corrected chi connectivity index (χ3v) is 1.16. The van der Waals surface area contributed by atoms with E-state index in [0.717, 1.165) is 0 Å². The molecule has 1 aliphatic rings. The van der Waals surface area contributed by atoms with Gasteiger partial charge in [0.05, 0.1) is 0 Å². The van der Waals surface area contributed by atoms with Crippen LogP contribution in [0.25, 0.3) is 0 Å². The number of aliphatic carboxylic acids is 1. The molecule has 47 valence electrons. The lowest BCUT2D eigenvalue weighted by atomic mass is 10.0. The highest BCUT2D eigenvalue weighted by Gasteiger charge is 2.13. The lowest BCUT2D eigenvalue weighted by molar-refractivity contribution is -0.134. The van der Waals surface area contributed by atoms with Crippen LogP contribution in [0.5, 0.6) is 0 Å². The van der Waals surface area contributed by atoms with Crippen LogP contribution in [0.15, 0.2) is 24.3 Å². The zero-order chi connectivity index (χ0) is 6.69. The van der Waals surface area contributed by atoms with E-state index in [1.165, 1.54) is 0 Å². The van der Waals surface area contributed by atoms with Crippen molar-refractivity contribution in [3.8, 4) is 0 Å². The van der Waals surface area contributed by atoms with Crippen molar-refractivity contribution in [2.75, 3.05) is 0 Å². The fourth-order valence-electron chi connectivity index (χ4n) is 0.672. The van der Waals surface area contributed by atoms with Gasteiger partial charge in [0.25, 0.3) is 0 Å². The third kappa shape index (κ3) is 1.42. The topological polar surface area (TPSA) is 37.3 Å². The lowest BCUT2D eigenvalue weighted by Crippen LogP contribution is -2.08. The van der Waals surface area contributed by atoms with Crippen LogP contribution in [0.4, 0.5) is 0 Å². The average molecular weight is 123 g/mol. The van der Waals surface area contributed by atoms with Crippen molar-refractivity contribution in [1.29, 1.82) is 0 Å². The molecule has 1 aliphatic carbocycles. The Morgan fingerprint density at radius 2 is 2.33 bits per heavy atom. The number of carboxylic acid groups (broad SMARTS) is 1.